The topological polar surface area (TPSA) is 82.8 Å². The molecule has 0 bridgehead atoms. The molecule has 0 radical (unpaired) electrons. The SMILES string of the molecule is COc1ccc(Cc2nn3c(=O)/c(=C\c4ccc(C(C)(C)C)cc4)sc3nc2=O)cc1OC. The number of thiazole rings is 1. The van der Waals surface area contributed by atoms with Gasteiger partial charge in [0.1, 0.15) is 5.69 Å². The van der Waals surface area contributed by atoms with E-state index in [1.54, 1.807) is 32.4 Å². The minimum atomic E-state index is -0.452. The summed E-state index contributed by atoms with van der Waals surface area (Å²) in [6, 6.07) is 13.5. The molecule has 0 saturated heterocycles. The molecule has 0 aliphatic heterocycles. The normalized spacial score (nSPS) is 12.3. The molecular formula is C25H25N3O4S. The Hall–Kier alpha value is -3.52. The van der Waals surface area contributed by atoms with Crippen LogP contribution in [0.4, 0.5) is 0 Å². The van der Waals surface area contributed by atoms with Crippen LogP contribution < -0.4 is 25.1 Å². The van der Waals surface area contributed by atoms with Crippen LogP contribution in [0, 0.1) is 0 Å². The maximum Gasteiger partial charge on any atom is 0.296 e. The van der Waals surface area contributed by atoms with E-state index in [4.69, 9.17) is 9.47 Å². The third-order valence-corrected chi connectivity index (χ3v) is 6.30. The van der Waals surface area contributed by atoms with E-state index in [2.05, 4.69) is 43.0 Å². The zero-order chi connectivity index (χ0) is 23.8. The summed E-state index contributed by atoms with van der Waals surface area (Å²) in [4.78, 5) is 29.9. The zero-order valence-corrected chi connectivity index (χ0v) is 20.0. The van der Waals surface area contributed by atoms with Gasteiger partial charge in [0.25, 0.3) is 11.1 Å². The molecule has 170 valence electrons. The second-order valence-electron chi connectivity index (χ2n) is 8.71. The van der Waals surface area contributed by atoms with Gasteiger partial charge < -0.3 is 9.47 Å². The van der Waals surface area contributed by atoms with Gasteiger partial charge in [0, 0.05) is 6.42 Å². The lowest BCUT2D eigenvalue weighted by molar-refractivity contribution is 0.354. The summed E-state index contributed by atoms with van der Waals surface area (Å²) >= 11 is 1.15. The Bertz CT molecular complexity index is 1480. The number of hydrogen-bond acceptors (Lipinski definition) is 7. The van der Waals surface area contributed by atoms with E-state index in [9.17, 15) is 9.59 Å². The van der Waals surface area contributed by atoms with Gasteiger partial charge in [-0.15, -0.1) is 0 Å². The first kappa shape index (κ1) is 22.7. The summed E-state index contributed by atoms with van der Waals surface area (Å²) < 4.78 is 12.3. The highest BCUT2D eigenvalue weighted by molar-refractivity contribution is 7.15. The fourth-order valence-electron chi connectivity index (χ4n) is 3.47. The minimum absolute atomic E-state index is 0.0539. The van der Waals surface area contributed by atoms with Crippen molar-refractivity contribution in [3.63, 3.8) is 0 Å². The summed E-state index contributed by atoms with van der Waals surface area (Å²) in [6.45, 7) is 6.46. The van der Waals surface area contributed by atoms with Crippen molar-refractivity contribution < 1.29 is 9.47 Å². The predicted molar refractivity (Wildman–Crippen MR) is 130 cm³/mol. The van der Waals surface area contributed by atoms with Gasteiger partial charge in [-0.3, -0.25) is 9.59 Å². The van der Waals surface area contributed by atoms with Gasteiger partial charge in [-0.05, 0) is 40.3 Å². The molecule has 2 aromatic carbocycles. The van der Waals surface area contributed by atoms with Crippen molar-refractivity contribution in [1.29, 1.82) is 0 Å². The fraction of sp³-hybridized carbons (Fsp3) is 0.280. The maximum absolute atomic E-state index is 13.0. The molecule has 0 atom stereocenters. The number of methoxy groups -OCH3 is 2. The Balaban J connectivity index is 1.71. The van der Waals surface area contributed by atoms with E-state index in [-0.39, 0.29) is 28.0 Å². The Morgan fingerprint density at radius 1 is 1.00 bits per heavy atom. The van der Waals surface area contributed by atoms with Gasteiger partial charge in [0.2, 0.25) is 4.96 Å². The van der Waals surface area contributed by atoms with Crippen LogP contribution in [0.3, 0.4) is 0 Å². The van der Waals surface area contributed by atoms with E-state index in [1.807, 2.05) is 18.2 Å². The average molecular weight is 464 g/mol. The Morgan fingerprint density at radius 2 is 1.70 bits per heavy atom. The molecule has 0 saturated carbocycles. The molecule has 0 fully saturated rings. The molecule has 0 aliphatic carbocycles. The molecule has 7 nitrogen and oxygen atoms in total. The van der Waals surface area contributed by atoms with Crippen LogP contribution >= 0.6 is 11.3 Å². The summed E-state index contributed by atoms with van der Waals surface area (Å²) in [5, 5.41) is 4.32. The van der Waals surface area contributed by atoms with E-state index in [0.717, 1.165) is 22.5 Å². The molecule has 0 N–H and O–H groups in total. The minimum Gasteiger partial charge on any atom is -0.493 e. The summed E-state index contributed by atoms with van der Waals surface area (Å²) in [7, 11) is 3.11. The number of benzene rings is 2. The van der Waals surface area contributed by atoms with E-state index in [0.29, 0.717) is 16.0 Å². The number of ether oxygens (including phenoxy) is 2. The first-order valence-electron chi connectivity index (χ1n) is 10.5. The molecule has 4 aromatic rings. The van der Waals surface area contributed by atoms with Crippen LogP contribution in [0.5, 0.6) is 11.5 Å². The monoisotopic (exact) mass is 463 g/mol. The lowest BCUT2D eigenvalue weighted by atomic mass is 9.87. The Labute approximate surface area is 195 Å². The van der Waals surface area contributed by atoms with Crippen LogP contribution in [0.2, 0.25) is 0 Å². The van der Waals surface area contributed by atoms with Gasteiger partial charge in [-0.25, -0.2) is 0 Å². The van der Waals surface area contributed by atoms with Crippen molar-refractivity contribution >= 4 is 22.4 Å². The highest BCUT2D eigenvalue weighted by Gasteiger charge is 2.14. The fourth-order valence-corrected chi connectivity index (χ4v) is 4.37. The molecule has 0 spiro atoms. The van der Waals surface area contributed by atoms with Crippen molar-refractivity contribution in [2.45, 2.75) is 32.6 Å². The first-order valence-corrected chi connectivity index (χ1v) is 11.3. The van der Waals surface area contributed by atoms with Crippen LogP contribution in [0.1, 0.15) is 43.2 Å². The molecule has 0 aliphatic rings. The number of hydrogen-bond donors (Lipinski definition) is 0. The smallest absolute Gasteiger partial charge is 0.296 e. The van der Waals surface area contributed by atoms with E-state index < -0.39 is 5.56 Å². The molecule has 4 rings (SSSR count). The number of nitrogens with zero attached hydrogens (tertiary/aromatic N) is 3. The highest BCUT2D eigenvalue weighted by atomic mass is 32.1. The maximum atomic E-state index is 13.0. The van der Waals surface area contributed by atoms with Crippen LogP contribution in [-0.2, 0) is 11.8 Å². The lowest BCUT2D eigenvalue weighted by Gasteiger charge is -2.18. The zero-order valence-electron chi connectivity index (χ0n) is 19.2. The quantitative estimate of drug-likeness (QED) is 0.453. The lowest BCUT2D eigenvalue weighted by Crippen LogP contribution is -2.28. The van der Waals surface area contributed by atoms with E-state index in [1.165, 1.54) is 10.1 Å². The second kappa shape index (κ2) is 8.78. The standard InChI is InChI=1S/C25H25N3O4S/c1-25(2,3)17-9-6-15(7-10-17)14-21-23(30)28-24(33-21)26-22(29)18(27-28)12-16-8-11-19(31-4)20(13-16)32-5/h6-11,13-14H,12H2,1-5H3/b21-14+. The number of aromatic nitrogens is 3. The van der Waals surface area contributed by atoms with Crippen LogP contribution in [0.15, 0.2) is 52.1 Å². The number of fused-ring (bicyclic) bond motifs is 1. The van der Waals surface area contributed by atoms with Crippen LogP contribution in [-0.4, -0.2) is 28.8 Å². The van der Waals surface area contributed by atoms with Gasteiger partial charge in [0.05, 0.1) is 18.8 Å². The third kappa shape index (κ3) is 4.66. The first-order chi connectivity index (χ1) is 15.7. The average Bonchev–Trinajstić information content (AvgIpc) is 3.07. The summed E-state index contributed by atoms with van der Waals surface area (Å²) in [5.41, 5.74) is 2.41. The van der Waals surface area contributed by atoms with Crippen molar-refractivity contribution in [1.82, 2.24) is 14.6 Å². The van der Waals surface area contributed by atoms with Gasteiger partial charge in [-0.1, -0.05) is 62.4 Å². The third-order valence-electron chi connectivity index (χ3n) is 5.34. The Kier molecular flexibility index (Phi) is 6.03. The molecule has 2 heterocycles. The summed E-state index contributed by atoms with van der Waals surface area (Å²) in [5.74, 6) is 1.15. The van der Waals surface area contributed by atoms with Gasteiger partial charge >= 0.3 is 0 Å². The molecule has 2 aromatic heterocycles. The Morgan fingerprint density at radius 3 is 2.33 bits per heavy atom. The summed E-state index contributed by atoms with van der Waals surface area (Å²) in [6.07, 6.45) is 2.02. The number of rotatable bonds is 5. The van der Waals surface area contributed by atoms with Crippen molar-refractivity contribution in [3.8, 4) is 11.5 Å². The molecular weight excluding hydrogens is 438 g/mol. The molecule has 8 heteroatoms. The van der Waals surface area contributed by atoms with Gasteiger partial charge in [0.15, 0.2) is 11.5 Å². The van der Waals surface area contributed by atoms with Crippen LogP contribution in [0.25, 0.3) is 11.0 Å². The molecule has 0 unspecified atom stereocenters. The van der Waals surface area contributed by atoms with Crippen molar-refractivity contribution in [2.24, 2.45) is 0 Å². The highest BCUT2D eigenvalue weighted by Crippen LogP contribution is 2.28. The van der Waals surface area contributed by atoms with Gasteiger partial charge in [-0.2, -0.15) is 14.6 Å². The molecule has 0 amide bonds. The largest absolute Gasteiger partial charge is 0.493 e. The van der Waals surface area contributed by atoms with E-state index >= 15 is 0 Å². The van der Waals surface area contributed by atoms with Crippen molar-refractivity contribution in [2.75, 3.05) is 14.2 Å². The van der Waals surface area contributed by atoms with Crippen molar-refractivity contribution in [3.05, 3.63) is 90.1 Å². The second-order valence-corrected chi connectivity index (χ2v) is 9.72. The molecule has 33 heavy (non-hydrogen) atoms. The predicted octanol–water partition coefficient (Wildman–Crippen LogP) is 2.96.